The van der Waals surface area contributed by atoms with E-state index >= 15 is 0 Å². The van der Waals surface area contributed by atoms with Gasteiger partial charge in [0.25, 0.3) is 0 Å². The fraction of sp³-hybridized carbons (Fsp3) is 0.727. The number of nitrogens with one attached hydrogen (secondary N) is 1. The summed E-state index contributed by atoms with van der Waals surface area (Å²) in [6.45, 7) is 2.49. The molecule has 0 atom stereocenters. The molecule has 0 amide bonds. The summed E-state index contributed by atoms with van der Waals surface area (Å²) in [5, 5.41) is 12.4. The molecule has 0 bridgehead atoms. The van der Waals surface area contributed by atoms with Crippen LogP contribution in [0.25, 0.3) is 0 Å². The van der Waals surface area contributed by atoms with Crippen molar-refractivity contribution in [1.82, 2.24) is 5.32 Å². The number of aliphatic hydroxyl groups excluding tert-OH is 1. The van der Waals surface area contributed by atoms with Crippen molar-refractivity contribution in [2.45, 2.75) is 31.7 Å². The Bertz CT molecular complexity index is 251. The van der Waals surface area contributed by atoms with Gasteiger partial charge in [-0.3, -0.25) is 0 Å². The molecule has 0 spiro atoms. The van der Waals surface area contributed by atoms with Gasteiger partial charge in [-0.1, -0.05) is 6.08 Å². The van der Waals surface area contributed by atoms with Gasteiger partial charge < -0.3 is 15.2 Å². The number of methoxy groups -OCH3 is 1. The Morgan fingerprint density at radius 3 is 2.67 bits per heavy atom. The standard InChI is InChI=1S/C11H19NO3/c1-9(10(14)15-2)4-7-12-11(8-13)5-3-6-11/h4,12-13H,3,5-8H2,1-2H3. The molecule has 0 aromatic heterocycles. The van der Waals surface area contributed by atoms with Gasteiger partial charge in [0.15, 0.2) is 0 Å². The van der Waals surface area contributed by atoms with Crippen molar-refractivity contribution < 1.29 is 14.6 Å². The quantitative estimate of drug-likeness (QED) is 0.519. The van der Waals surface area contributed by atoms with Gasteiger partial charge >= 0.3 is 5.97 Å². The molecule has 4 heteroatoms. The van der Waals surface area contributed by atoms with Gasteiger partial charge in [-0.15, -0.1) is 0 Å². The minimum Gasteiger partial charge on any atom is -0.466 e. The number of rotatable bonds is 5. The van der Waals surface area contributed by atoms with Crippen LogP contribution in [0, 0.1) is 0 Å². The molecule has 0 aromatic carbocycles. The van der Waals surface area contributed by atoms with Crippen LogP contribution in [0.5, 0.6) is 0 Å². The second-order valence-electron chi connectivity index (χ2n) is 4.05. The Hall–Kier alpha value is -0.870. The van der Waals surface area contributed by atoms with E-state index in [-0.39, 0.29) is 18.1 Å². The zero-order valence-electron chi connectivity index (χ0n) is 9.38. The number of esters is 1. The molecule has 0 unspecified atom stereocenters. The van der Waals surface area contributed by atoms with E-state index < -0.39 is 0 Å². The third kappa shape index (κ3) is 3.04. The summed E-state index contributed by atoms with van der Waals surface area (Å²) < 4.78 is 4.58. The lowest BCUT2D eigenvalue weighted by Gasteiger charge is -2.41. The minimum absolute atomic E-state index is 0.104. The normalized spacial score (nSPS) is 19.5. The molecule has 1 fully saturated rings. The summed E-state index contributed by atoms with van der Waals surface area (Å²) in [5.41, 5.74) is 0.491. The fourth-order valence-corrected chi connectivity index (χ4v) is 1.66. The highest BCUT2D eigenvalue weighted by molar-refractivity contribution is 5.87. The maximum absolute atomic E-state index is 11.1. The second-order valence-corrected chi connectivity index (χ2v) is 4.05. The van der Waals surface area contributed by atoms with Crippen LogP contribution in [0.2, 0.25) is 0 Å². The van der Waals surface area contributed by atoms with Crippen molar-refractivity contribution in [2.24, 2.45) is 0 Å². The largest absolute Gasteiger partial charge is 0.466 e. The van der Waals surface area contributed by atoms with Crippen LogP contribution < -0.4 is 5.32 Å². The number of ether oxygens (including phenoxy) is 1. The van der Waals surface area contributed by atoms with E-state index in [1.165, 1.54) is 7.11 Å². The number of hydrogen-bond acceptors (Lipinski definition) is 4. The highest BCUT2D eigenvalue weighted by Gasteiger charge is 2.35. The van der Waals surface area contributed by atoms with Crippen LogP contribution in [0.1, 0.15) is 26.2 Å². The van der Waals surface area contributed by atoms with Crippen LogP contribution >= 0.6 is 0 Å². The third-order valence-corrected chi connectivity index (χ3v) is 3.01. The molecule has 0 heterocycles. The van der Waals surface area contributed by atoms with Crippen molar-refractivity contribution in [3.63, 3.8) is 0 Å². The van der Waals surface area contributed by atoms with Gasteiger partial charge in [-0.05, 0) is 26.2 Å². The molecule has 0 aliphatic heterocycles. The van der Waals surface area contributed by atoms with E-state index in [0.717, 1.165) is 19.3 Å². The van der Waals surface area contributed by atoms with Crippen LogP contribution in [0.15, 0.2) is 11.6 Å². The Morgan fingerprint density at radius 2 is 2.27 bits per heavy atom. The molecule has 15 heavy (non-hydrogen) atoms. The monoisotopic (exact) mass is 213 g/mol. The van der Waals surface area contributed by atoms with Crippen LogP contribution in [-0.2, 0) is 9.53 Å². The molecule has 4 nitrogen and oxygen atoms in total. The number of hydrogen-bond donors (Lipinski definition) is 2. The summed E-state index contributed by atoms with van der Waals surface area (Å²) in [6.07, 6.45) is 4.97. The van der Waals surface area contributed by atoms with E-state index in [4.69, 9.17) is 0 Å². The van der Waals surface area contributed by atoms with E-state index in [0.29, 0.717) is 12.1 Å². The second kappa shape index (κ2) is 5.28. The first-order valence-corrected chi connectivity index (χ1v) is 5.24. The highest BCUT2D eigenvalue weighted by atomic mass is 16.5. The van der Waals surface area contributed by atoms with Gasteiger partial charge in [-0.2, -0.15) is 0 Å². The van der Waals surface area contributed by atoms with Crippen LogP contribution in [0.4, 0.5) is 0 Å². The van der Waals surface area contributed by atoms with Crippen LogP contribution in [0.3, 0.4) is 0 Å². The zero-order valence-corrected chi connectivity index (χ0v) is 9.38. The Labute approximate surface area is 90.3 Å². The topological polar surface area (TPSA) is 58.6 Å². The molecule has 0 aromatic rings. The molecular weight excluding hydrogens is 194 g/mol. The summed E-state index contributed by atoms with van der Waals surface area (Å²) in [6, 6.07) is 0. The molecule has 2 N–H and O–H groups in total. The van der Waals surface area contributed by atoms with E-state index in [2.05, 4.69) is 10.1 Å². The number of aliphatic hydroxyl groups is 1. The molecule has 0 radical (unpaired) electrons. The van der Waals surface area contributed by atoms with E-state index in [1.807, 2.05) is 0 Å². The van der Waals surface area contributed by atoms with Crippen molar-refractivity contribution in [1.29, 1.82) is 0 Å². The van der Waals surface area contributed by atoms with E-state index in [1.54, 1.807) is 13.0 Å². The van der Waals surface area contributed by atoms with Gasteiger partial charge in [0.05, 0.1) is 13.7 Å². The number of carbonyl (C=O) groups excluding carboxylic acids is 1. The lowest BCUT2D eigenvalue weighted by atomic mass is 9.77. The molecular formula is C11H19NO3. The van der Waals surface area contributed by atoms with E-state index in [9.17, 15) is 9.90 Å². The molecule has 1 aliphatic carbocycles. The summed E-state index contributed by atoms with van der Waals surface area (Å²) in [5.74, 6) is -0.302. The average molecular weight is 213 g/mol. The smallest absolute Gasteiger partial charge is 0.333 e. The third-order valence-electron chi connectivity index (χ3n) is 3.01. The maximum Gasteiger partial charge on any atom is 0.333 e. The van der Waals surface area contributed by atoms with Crippen molar-refractivity contribution in [3.8, 4) is 0 Å². The Balaban J connectivity index is 2.34. The molecule has 1 saturated carbocycles. The first-order chi connectivity index (χ1) is 7.13. The summed E-state index contributed by atoms with van der Waals surface area (Å²) in [7, 11) is 1.37. The summed E-state index contributed by atoms with van der Waals surface area (Å²) in [4.78, 5) is 11.1. The van der Waals surface area contributed by atoms with Gasteiger partial charge in [0, 0.05) is 17.7 Å². The average Bonchev–Trinajstić information content (AvgIpc) is 2.20. The molecule has 0 saturated heterocycles. The van der Waals surface area contributed by atoms with Crippen molar-refractivity contribution in [2.75, 3.05) is 20.3 Å². The maximum atomic E-state index is 11.1. The zero-order chi connectivity index (χ0) is 11.3. The minimum atomic E-state index is -0.302. The molecule has 86 valence electrons. The fourth-order valence-electron chi connectivity index (χ4n) is 1.66. The molecule has 1 aliphatic rings. The Morgan fingerprint density at radius 1 is 1.60 bits per heavy atom. The van der Waals surface area contributed by atoms with Gasteiger partial charge in [-0.25, -0.2) is 4.79 Å². The SMILES string of the molecule is COC(=O)C(C)=CCNC1(CO)CCC1. The lowest BCUT2D eigenvalue weighted by molar-refractivity contribution is -0.136. The van der Waals surface area contributed by atoms with Gasteiger partial charge in [0.2, 0.25) is 0 Å². The van der Waals surface area contributed by atoms with Crippen molar-refractivity contribution in [3.05, 3.63) is 11.6 Å². The molecule has 1 rings (SSSR count). The first-order valence-electron chi connectivity index (χ1n) is 5.24. The van der Waals surface area contributed by atoms with Crippen molar-refractivity contribution >= 4 is 5.97 Å². The van der Waals surface area contributed by atoms with Gasteiger partial charge in [0.1, 0.15) is 0 Å². The predicted molar refractivity (Wildman–Crippen MR) is 57.4 cm³/mol. The highest BCUT2D eigenvalue weighted by Crippen LogP contribution is 2.30. The predicted octanol–water partition coefficient (Wildman–Crippen LogP) is 0.610. The lowest BCUT2D eigenvalue weighted by Crippen LogP contribution is -2.53. The summed E-state index contributed by atoms with van der Waals surface area (Å²) >= 11 is 0. The first kappa shape index (κ1) is 12.2. The van der Waals surface area contributed by atoms with Crippen LogP contribution in [-0.4, -0.2) is 36.9 Å². The number of carbonyl (C=O) groups is 1. The Kier molecular flexibility index (Phi) is 4.29.